The van der Waals surface area contributed by atoms with Gasteiger partial charge in [0.1, 0.15) is 33.4 Å². The van der Waals surface area contributed by atoms with E-state index in [9.17, 15) is 14.4 Å². The third-order valence-corrected chi connectivity index (χ3v) is 23.0. The third kappa shape index (κ3) is 11.8. The Kier molecular flexibility index (Phi) is 17.1. The number of carbonyl (C=O) groups excluding carboxylic acids is 3. The van der Waals surface area contributed by atoms with E-state index in [4.69, 9.17) is 19.1 Å². The van der Waals surface area contributed by atoms with E-state index in [0.29, 0.717) is 34.5 Å². The number of amides is 2. The van der Waals surface area contributed by atoms with Gasteiger partial charge in [0.25, 0.3) is 8.32 Å². The van der Waals surface area contributed by atoms with Gasteiger partial charge in [0.05, 0.1) is 29.2 Å². The van der Waals surface area contributed by atoms with Crippen molar-refractivity contribution in [3.05, 3.63) is 221 Å². The summed E-state index contributed by atoms with van der Waals surface area (Å²) < 4.78 is 12.9. The Labute approximate surface area is 461 Å². The normalized spacial score (nSPS) is 18.8. The molecule has 0 spiro atoms. The molecule has 9 nitrogen and oxygen atoms in total. The molecule has 3 atom stereocenters. The van der Waals surface area contributed by atoms with Crippen molar-refractivity contribution >= 4 is 76.4 Å². The smallest absolute Gasteiger partial charge is 0.329 e. The van der Waals surface area contributed by atoms with E-state index in [1.54, 1.807) is 6.92 Å². The second kappa shape index (κ2) is 23.9. The van der Waals surface area contributed by atoms with Crippen LogP contribution in [-0.4, -0.2) is 65.3 Å². The Morgan fingerprint density at radius 2 is 1.32 bits per heavy atom. The number of allylic oxidation sites excluding steroid dienone is 1. The van der Waals surface area contributed by atoms with Crippen LogP contribution in [0, 0.1) is 5.92 Å². The van der Waals surface area contributed by atoms with Crippen LogP contribution in [0.15, 0.2) is 193 Å². The lowest BCUT2D eigenvalue weighted by Crippen LogP contribution is -2.66. The molecule has 3 heterocycles. The average molecular weight is 1080 g/mol. The number of hydrogen-bond donors (Lipinski definition) is 2. The minimum atomic E-state index is -2.78. The fourth-order valence-corrected chi connectivity index (χ4v) is 18.4. The van der Waals surface area contributed by atoms with Gasteiger partial charge in [0.2, 0.25) is 11.8 Å². The molecule has 2 aliphatic heterocycles. The highest BCUT2D eigenvalue weighted by atomic mass is 32.2. The van der Waals surface area contributed by atoms with Crippen LogP contribution >= 0.6 is 34.9 Å². The lowest BCUT2D eigenvalue weighted by molar-refractivity contribution is -0.153. The molecule has 6 aromatic carbocycles. The van der Waals surface area contributed by atoms with Gasteiger partial charge in [-0.1, -0.05) is 217 Å². The topological polar surface area (TPSA) is 119 Å². The van der Waals surface area contributed by atoms with E-state index >= 15 is 0 Å². The van der Waals surface area contributed by atoms with Crippen LogP contribution in [0.2, 0.25) is 5.04 Å². The monoisotopic (exact) mass is 1080 g/mol. The molecule has 0 saturated carbocycles. The number of cyclic esters (lactones) is 1. The van der Waals surface area contributed by atoms with E-state index in [1.807, 2.05) is 56.0 Å². The van der Waals surface area contributed by atoms with Gasteiger partial charge < -0.3 is 19.8 Å². The highest BCUT2D eigenvalue weighted by Gasteiger charge is 2.50. The molecular weight excluding hydrogens is 1020 g/mol. The molecule has 1 aromatic heterocycles. The van der Waals surface area contributed by atoms with Gasteiger partial charge in [-0.05, 0) is 74.3 Å². The predicted molar refractivity (Wildman–Crippen MR) is 316 cm³/mol. The first kappa shape index (κ1) is 54.4. The number of fused-ring (bicyclic) bond motifs is 4. The zero-order valence-electron chi connectivity index (χ0n) is 44.0. The van der Waals surface area contributed by atoms with Gasteiger partial charge >= 0.3 is 5.97 Å². The highest BCUT2D eigenvalue weighted by molar-refractivity contribution is 8.14. The molecule has 13 heteroatoms. The molecule has 0 unspecified atom stereocenters. The maximum atomic E-state index is 14.3. The number of nitrogens with one attached hydrogen (secondary N) is 2. The van der Waals surface area contributed by atoms with E-state index in [0.717, 1.165) is 21.8 Å². The van der Waals surface area contributed by atoms with Crippen molar-refractivity contribution in [2.45, 2.75) is 95.0 Å². The molecule has 2 aliphatic rings. The second-order valence-corrected chi connectivity index (χ2v) is 28.6. The molecule has 76 heavy (non-hydrogen) atoms. The Bertz CT molecular complexity index is 3010. The standard InChI is InChI=1S/C63H66N4O5S3Si/c1-44(2)55-59(69)72-50(30-22-23-39-74-63(47-24-12-7-13-25-47,48-26-14-8-15-27-48)49-28-16-9-17-29-49)40-53(68)64-41-54-65-56(58-67-62(6,43-73-58)60(70)66-55)57(75-54)46-37-35-45(36-38-46)42-71-76(61(3,4)5,51-31-18-10-19-32-51)52-33-20-11-21-34-52/h7-22,24-38,44,50,55H,23,39-43H2,1-6H3,(H,64,68)(H,66,70)/b30-22+/t50-,55+,62+/m1/s1. The van der Waals surface area contributed by atoms with E-state index in [1.165, 1.54) is 50.2 Å². The van der Waals surface area contributed by atoms with Crippen LogP contribution in [0.4, 0.5) is 0 Å². The van der Waals surface area contributed by atoms with Crippen molar-refractivity contribution in [3.8, 4) is 10.4 Å². The number of rotatable bonds is 15. The predicted octanol–water partition coefficient (Wildman–Crippen LogP) is 11.9. The van der Waals surface area contributed by atoms with Crippen LogP contribution in [0.5, 0.6) is 0 Å². The molecule has 2 N–H and O–H groups in total. The summed E-state index contributed by atoms with van der Waals surface area (Å²) in [6.45, 7) is 13.0. The molecular formula is C63H66N4O5S3Si. The summed E-state index contributed by atoms with van der Waals surface area (Å²) in [6.07, 6.45) is 3.43. The van der Waals surface area contributed by atoms with Crippen molar-refractivity contribution in [2.24, 2.45) is 10.9 Å². The van der Waals surface area contributed by atoms with E-state index in [2.05, 4.69) is 189 Å². The SMILES string of the molecule is CC(C)[C@@H]1NC(=O)[C@]2(C)CSC(=N2)c2nc(sc2-c2ccc(CO[Si](c3ccccc3)(c3ccccc3)C(C)(C)C)cc2)CNC(=O)C[C@@H](/C=C/CCSC(c2ccccc2)(c2ccccc2)c2ccccc2)OC1=O. The Morgan fingerprint density at radius 3 is 1.84 bits per heavy atom. The quantitative estimate of drug-likeness (QED) is 0.0343. The number of benzene rings is 6. The summed E-state index contributed by atoms with van der Waals surface area (Å²) in [5.41, 5.74) is 4.98. The summed E-state index contributed by atoms with van der Waals surface area (Å²) in [5.74, 6) is -0.502. The maximum absolute atomic E-state index is 14.3. The number of carbonyl (C=O) groups is 3. The molecule has 9 rings (SSSR count). The number of esters is 1. The summed E-state index contributed by atoms with van der Waals surface area (Å²) >= 11 is 4.79. The first-order valence-corrected chi connectivity index (χ1v) is 30.7. The summed E-state index contributed by atoms with van der Waals surface area (Å²) in [5, 5.41) is 9.68. The Morgan fingerprint density at radius 1 is 0.776 bits per heavy atom. The van der Waals surface area contributed by atoms with Crippen LogP contribution in [-0.2, 0) is 41.4 Å². The fourth-order valence-electron chi connectivity index (χ4n) is 10.1. The molecule has 0 aliphatic carbocycles. The van der Waals surface area contributed by atoms with E-state index in [-0.39, 0.29) is 35.7 Å². The van der Waals surface area contributed by atoms with Crippen LogP contribution < -0.4 is 21.0 Å². The number of aromatic nitrogens is 1. The Hall–Kier alpha value is -6.35. The molecule has 390 valence electrons. The molecule has 0 fully saturated rings. The van der Waals surface area contributed by atoms with Gasteiger partial charge in [-0.15, -0.1) is 34.9 Å². The zero-order chi connectivity index (χ0) is 53.3. The van der Waals surface area contributed by atoms with Crippen molar-refractivity contribution in [2.75, 3.05) is 11.5 Å². The summed E-state index contributed by atoms with van der Waals surface area (Å²) in [4.78, 5) is 53.4. The largest absolute Gasteiger partial charge is 0.456 e. The van der Waals surface area contributed by atoms with Crippen molar-refractivity contribution in [1.29, 1.82) is 0 Å². The number of hydrogen-bond acceptors (Lipinski definition) is 10. The molecule has 4 bridgehead atoms. The molecule has 0 radical (unpaired) electrons. The highest BCUT2D eigenvalue weighted by Crippen LogP contribution is 2.49. The van der Waals surface area contributed by atoms with Gasteiger partial charge in [-0.2, -0.15) is 0 Å². The first-order valence-electron chi connectivity index (χ1n) is 26.0. The van der Waals surface area contributed by atoms with E-state index < -0.39 is 36.7 Å². The minimum absolute atomic E-state index is 0.112. The van der Waals surface area contributed by atoms with Gasteiger partial charge in [0, 0.05) is 5.75 Å². The number of nitrogens with zero attached hydrogens (tertiary/aromatic N) is 2. The minimum Gasteiger partial charge on any atom is -0.456 e. The van der Waals surface area contributed by atoms with Crippen LogP contribution in [0.1, 0.15) is 87.3 Å². The number of aliphatic imine (C=N–C) groups is 1. The zero-order valence-corrected chi connectivity index (χ0v) is 47.5. The van der Waals surface area contributed by atoms with Crippen LogP contribution in [0.25, 0.3) is 10.4 Å². The average Bonchev–Trinajstić information content (AvgIpc) is 4.11. The fraction of sp³-hybridized carbons (Fsp3) is 0.286. The van der Waals surface area contributed by atoms with Crippen molar-refractivity contribution in [3.63, 3.8) is 0 Å². The number of ether oxygens (including phenoxy) is 1. The first-order chi connectivity index (χ1) is 36.7. The Balaban J connectivity index is 0.965. The maximum Gasteiger partial charge on any atom is 0.329 e. The van der Waals surface area contributed by atoms with Gasteiger partial charge in [-0.25, -0.2) is 9.78 Å². The van der Waals surface area contributed by atoms with Gasteiger partial charge in [-0.3, -0.25) is 14.6 Å². The summed E-state index contributed by atoms with van der Waals surface area (Å²) in [6, 6.07) is 60.4. The van der Waals surface area contributed by atoms with Crippen molar-refractivity contribution in [1.82, 2.24) is 15.6 Å². The lowest BCUT2D eigenvalue weighted by atomic mass is 9.84. The molecule has 0 saturated heterocycles. The number of thiazole rings is 1. The molecule has 7 aromatic rings. The van der Waals surface area contributed by atoms with Crippen LogP contribution in [0.3, 0.4) is 0 Å². The summed E-state index contributed by atoms with van der Waals surface area (Å²) in [7, 11) is -2.78. The van der Waals surface area contributed by atoms with Gasteiger partial charge in [0.15, 0.2) is 0 Å². The second-order valence-electron chi connectivity index (χ2n) is 20.9. The number of thioether (sulfide) groups is 2. The third-order valence-electron chi connectivity index (χ3n) is 14.1. The molecule has 2 amide bonds. The van der Waals surface area contributed by atoms with Crippen molar-refractivity contribution < 1.29 is 23.5 Å². The lowest BCUT2D eigenvalue weighted by Gasteiger charge is -2.43.